The molecule has 0 heterocycles. The highest BCUT2D eigenvalue weighted by molar-refractivity contribution is 6.31. The number of hydrogen-bond acceptors (Lipinski definition) is 1. The van der Waals surface area contributed by atoms with Gasteiger partial charge in [-0.15, -0.1) is 12.3 Å². The van der Waals surface area contributed by atoms with Crippen LogP contribution >= 0.6 is 11.6 Å². The Labute approximate surface area is 96.4 Å². The van der Waals surface area contributed by atoms with E-state index in [2.05, 4.69) is 5.92 Å². The molecule has 1 nitrogen and oxygen atoms in total. The summed E-state index contributed by atoms with van der Waals surface area (Å²) in [5.41, 5.74) is 2.09. The molecule has 1 aromatic carbocycles. The highest BCUT2D eigenvalue weighted by Crippen LogP contribution is 2.28. The summed E-state index contributed by atoms with van der Waals surface area (Å²) in [4.78, 5) is 0. The summed E-state index contributed by atoms with van der Waals surface area (Å²) in [7, 11) is 1.66. The first-order valence-electron chi connectivity index (χ1n) is 4.87. The van der Waals surface area contributed by atoms with Crippen LogP contribution in [0.3, 0.4) is 0 Å². The average molecular weight is 223 g/mol. The van der Waals surface area contributed by atoms with Gasteiger partial charge < -0.3 is 4.74 Å². The van der Waals surface area contributed by atoms with Crippen LogP contribution in [0.1, 0.15) is 18.1 Å². The molecule has 0 aliphatic heterocycles. The van der Waals surface area contributed by atoms with Gasteiger partial charge in [-0.1, -0.05) is 18.5 Å². The summed E-state index contributed by atoms with van der Waals surface area (Å²) in [5.74, 6) is 3.75. The maximum Gasteiger partial charge on any atom is 0.122 e. The Kier molecular flexibility index (Phi) is 4.05. The lowest BCUT2D eigenvalue weighted by atomic mass is 10.00. The average Bonchev–Trinajstić information content (AvgIpc) is 2.22. The third kappa shape index (κ3) is 2.91. The molecule has 0 fully saturated rings. The molecule has 0 amide bonds. The number of hydrogen-bond donors (Lipinski definition) is 0. The first-order chi connectivity index (χ1) is 7.08. The fourth-order valence-corrected chi connectivity index (χ4v) is 1.62. The zero-order chi connectivity index (χ0) is 11.4. The highest BCUT2D eigenvalue weighted by atomic mass is 35.5. The van der Waals surface area contributed by atoms with Crippen LogP contribution in [0.25, 0.3) is 0 Å². The molecule has 1 atom stereocenters. The summed E-state index contributed by atoms with van der Waals surface area (Å²) in [5, 5.41) is 0.759. The van der Waals surface area contributed by atoms with E-state index < -0.39 is 0 Å². The second kappa shape index (κ2) is 5.09. The van der Waals surface area contributed by atoms with Crippen LogP contribution in [0.5, 0.6) is 5.75 Å². The van der Waals surface area contributed by atoms with Crippen LogP contribution < -0.4 is 4.74 Å². The Balaban J connectivity index is 3.06. The van der Waals surface area contributed by atoms with Gasteiger partial charge in [0, 0.05) is 10.9 Å². The predicted molar refractivity (Wildman–Crippen MR) is 64.4 cm³/mol. The Morgan fingerprint density at radius 3 is 2.73 bits per heavy atom. The minimum absolute atomic E-state index is 0.192. The molecule has 80 valence electrons. The maximum atomic E-state index is 6.06. The van der Waals surface area contributed by atoms with Gasteiger partial charge in [-0.05, 0) is 36.6 Å². The summed E-state index contributed by atoms with van der Waals surface area (Å²) in [6.07, 6.45) is 6.15. The van der Waals surface area contributed by atoms with Crippen molar-refractivity contribution in [3.63, 3.8) is 0 Å². The van der Waals surface area contributed by atoms with Crippen molar-refractivity contribution in [1.82, 2.24) is 0 Å². The molecule has 1 aromatic rings. The summed E-state index contributed by atoms with van der Waals surface area (Å²) >= 11 is 6.06. The van der Waals surface area contributed by atoms with Crippen molar-refractivity contribution < 1.29 is 4.74 Å². The minimum Gasteiger partial charge on any atom is -0.496 e. The lowest BCUT2D eigenvalue weighted by Crippen LogP contribution is -2.00. The molecule has 0 radical (unpaired) electrons. The van der Waals surface area contributed by atoms with Crippen LogP contribution in [0.2, 0.25) is 5.02 Å². The third-order valence-electron chi connectivity index (χ3n) is 2.37. The number of halogens is 1. The van der Waals surface area contributed by atoms with Gasteiger partial charge in [0.05, 0.1) is 7.11 Å². The second-order valence-electron chi connectivity index (χ2n) is 3.69. The summed E-state index contributed by atoms with van der Waals surface area (Å²) in [6, 6.07) is 3.88. The molecule has 0 saturated heterocycles. The van der Waals surface area contributed by atoms with Gasteiger partial charge in [0.2, 0.25) is 0 Å². The van der Waals surface area contributed by atoms with Gasteiger partial charge in [0.25, 0.3) is 0 Å². The fraction of sp³-hybridized carbons (Fsp3) is 0.385. The van der Waals surface area contributed by atoms with Gasteiger partial charge in [0.15, 0.2) is 0 Å². The molecule has 1 rings (SSSR count). The van der Waals surface area contributed by atoms with E-state index in [0.717, 1.165) is 28.3 Å². The van der Waals surface area contributed by atoms with Crippen LogP contribution in [0.4, 0.5) is 0 Å². The van der Waals surface area contributed by atoms with E-state index in [9.17, 15) is 0 Å². The van der Waals surface area contributed by atoms with Gasteiger partial charge in [-0.3, -0.25) is 0 Å². The quantitative estimate of drug-likeness (QED) is 0.712. The van der Waals surface area contributed by atoms with E-state index in [1.165, 1.54) is 0 Å². The molecule has 0 aromatic heterocycles. The molecule has 0 bridgehead atoms. The monoisotopic (exact) mass is 222 g/mol. The van der Waals surface area contributed by atoms with Gasteiger partial charge >= 0.3 is 0 Å². The lowest BCUT2D eigenvalue weighted by molar-refractivity contribution is 0.408. The molecule has 0 aliphatic rings. The van der Waals surface area contributed by atoms with Gasteiger partial charge in [-0.25, -0.2) is 0 Å². The van der Waals surface area contributed by atoms with Gasteiger partial charge in [-0.2, -0.15) is 0 Å². The second-order valence-corrected chi connectivity index (χ2v) is 4.09. The van der Waals surface area contributed by atoms with Crippen LogP contribution in [-0.2, 0) is 6.42 Å². The van der Waals surface area contributed by atoms with Crippen molar-refractivity contribution in [2.45, 2.75) is 20.3 Å². The Bertz CT molecular complexity index is 390. The van der Waals surface area contributed by atoms with Crippen LogP contribution in [0, 0.1) is 25.2 Å². The van der Waals surface area contributed by atoms with E-state index in [-0.39, 0.29) is 5.92 Å². The topological polar surface area (TPSA) is 9.23 Å². The largest absolute Gasteiger partial charge is 0.496 e. The number of ether oxygens (including phenoxy) is 1. The first-order valence-corrected chi connectivity index (χ1v) is 5.25. The smallest absolute Gasteiger partial charge is 0.122 e. The Morgan fingerprint density at radius 1 is 1.53 bits per heavy atom. The standard InChI is InChI=1S/C13H15ClO/c1-5-9(2)6-11-8-12(14)10(3)7-13(11)15-4/h1,7-9H,6H2,2-4H3. The third-order valence-corrected chi connectivity index (χ3v) is 2.78. The molecule has 15 heavy (non-hydrogen) atoms. The molecule has 0 aliphatic carbocycles. The molecule has 2 heteroatoms. The highest BCUT2D eigenvalue weighted by Gasteiger charge is 2.09. The van der Waals surface area contributed by atoms with Crippen molar-refractivity contribution in [3.8, 4) is 18.1 Å². The maximum absolute atomic E-state index is 6.06. The number of aryl methyl sites for hydroxylation is 1. The van der Waals surface area contributed by atoms with Crippen LogP contribution in [-0.4, -0.2) is 7.11 Å². The number of methoxy groups -OCH3 is 1. The first kappa shape index (κ1) is 11.9. The van der Waals surface area contributed by atoms with Crippen molar-refractivity contribution in [2.75, 3.05) is 7.11 Å². The number of benzene rings is 1. The molecule has 0 saturated carbocycles. The van der Waals surface area contributed by atoms with Crippen molar-refractivity contribution >= 4 is 11.6 Å². The molecule has 0 N–H and O–H groups in total. The zero-order valence-electron chi connectivity index (χ0n) is 9.30. The van der Waals surface area contributed by atoms with E-state index in [0.29, 0.717) is 0 Å². The van der Waals surface area contributed by atoms with Crippen molar-refractivity contribution in [2.24, 2.45) is 5.92 Å². The molecule has 1 unspecified atom stereocenters. The normalized spacial score (nSPS) is 11.9. The molecule has 0 spiro atoms. The van der Waals surface area contributed by atoms with E-state index in [1.807, 2.05) is 26.0 Å². The van der Waals surface area contributed by atoms with Crippen molar-refractivity contribution in [3.05, 3.63) is 28.3 Å². The summed E-state index contributed by atoms with van der Waals surface area (Å²) < 4.78 is 5.30. The van der Waals surface area contributed by atoms with Gasteiger partial charge in [0.1, 0.15) is 5.75 Å². The van der Waals surface area contributed by atoms with E-state index in [4.69, 9.17) is 22.8 Å². The lowest BCUT2D eigenvalue weighted by Gasteiger charge is -2.12. The predicted octanol–water partition coefficient (Wildman–Crippen LogP) is 3.47. The van der Waals surface area contributed by atoms with Crippen LogP contribution in [0.15, 0.2) is 12.1 Å². The fourth-order valence-electron chi connectivity index (χ4n) is 1.43. The van der Waals surface area contributed by atoms with E-state index in [1.54, 1.807) is 7.11 Å². The number of rotatable bonds is 3. The molecular weight excluding hydrogens is 208 g/mol. The Morgan fingerprint density at radius 2 is 2.20 bits per heavy atom. The SMILES string of the molecule is C#CC(C)Cc1cc(Cl)c(C)cc1OC. The van der Waals surface area contributed by atoms with Crippen molar-refractivity contribution in [1.29, 1.82) is 0 Å². The number of terminal acetylenes is 1. The Hall–Kier alpha value is -1.13. The summed E-state index contributed by atoms with van der Waals surface area (Å²) in [6.45, 7) is 3.96. The van der Waals surface area contributed by atoms with E-state index >= 15 is 0 Å². The minimum atomic E-state index is 0.192. The zero-order valence-corrected chi connectivity index (χ0v) is 10.1. The molecular formula is C13H15ClO.